The number of halogens is 1. The molecular weight excluding hydrogens is 335 g/mol. The number of aliphatic hydroxyl groups is 1. The van der Waals surface area contributed by atoms with Gasteiger partial charge in [0.25, 0.3) is 5.91 Å². The average molecular weight is 356 g/mol. The Labute approximate surface area is 150 Å². The van der Waals surface area contributed by atoms with Crippen molar-refractivity contribution in [2.75, 3.05) is 0 Å². The number of carbonyl (C=O) groups is 1. The molecule has 1 aliphatic rings. The molecule has 2 heterocycles. The predicted octanol–water partition coefficient (Wildman–Crippen LogP) is 2.29. The van der Waals surface area contributed by atoms with Gasteiger partial charge in [-0.2, -0.15) is 5.10 Å². The molecule has 3 aromatic rings. The van der Waals surface area contributed by atoms with Crippen LogP contribution in [0, 0.1) is 11.7 Å². The van der Waals surface area contributed by atoms with E-state index in [1.807, 2.05) is 13.2 Å². The number of aliphatic hydroxyl groups excluding tert-OH is 1. The van der Waals surface area contributed by atoms with Crippen LogP contribution in [-0.4, -0.2) is 31.5 Å². The fourth-order valence-corrected chi connectivity index (χ4v) is 3.73. The highest BCUT2D eigenvalue weighted by Crippen LogP contribution is 2.38. The van der Waals surface area contributed by atoms with Gasteiger partial charge in [-0.3, -0.25) is 9.48 Å². The zero-order valence-electron chi connectivity index (χ0n) is 14.7. The molecule has 0 saturated heterocycles. The molecule has 1 aliphatic carbocycles. The van der Waals surface area contributed by atoms with Gasteiger partial charge in [-0.1, -0.05) is 0 Å². The molecule has 1 fully saturated rings. The Balaban J connectivity index is 1.63. The minimum Gasteiger partial charge on any atom is -0.393 e. The number of aromatic nitrogens is 3. The van der Waals surface area contributed by atoms with Crippen molar-refractivity contribution in [3.8, 4) is 0 Å². The first-order valence-corrected chi connectivity index (χ1v) is 8.65. The fourth-order valence-electron chi connectivity index (χ4n) is 3.73. The molecule has 4 rings (SSSR count). The predicted molar refractivity (Wildman–Crippen MR) is 95.0 cm³/mol. The number of benzene rings is 1. The second-order valence-electron chi connectivity index (χ2n) is 7.08. The molecule has 2 N–H and O–H groups in total. The molecule has 0 bridgehead atoms. The molecule has 1 atom stereocenters. The van der Waals surface area contributed by atoms with Crippen LogP contribution < -0.4 is 5.32 Å². The third-order valence-electron chi connectivity index (χ3n) is 5.23. The summed E-state index contributed by atoms with van der Waals surface area (Å²) in [6.45, 7) is 0. The van der Waals surface area contributed by atoms with Crippen LogP contribution in [0.25, 0.3) is 10.9 Å². The molecule has 2 aromatic heterocycles. The standard InChI is InChI=1S/C19H21FN4O2/c1-23-10-13(9-21-23)18(12-6-15(25)7-12)22-19(26)17-8-11-5-14(20)3-4-16(11)24(17)2/h3-5,8-10,12,15,18,25H,6-7H2,1-2H3,(H,22,26)/t12?,15?,18-/m1/s1. The summed E-state index contributed by atoms with van der Waals surface area (Å²) >= 11 is 0. The van der Waals surface area contributed by atoms with Crippen LogP contribution in [0.3, 0.4) is 0 Å². The average Bonchev–Trinajstić information content (AvgIpc) is 3.13. The summed E-state index contributed by atoms with van der Waals surface area (Å²) < 4.78 is 16.9. The van der Waals surface area contributed by atoms with Gasteiger partial charge in [0.15, 0.2) is 0 Å². The van der Waals surface area contributed by atoms with Crippen molar-refractivity contribution in [3.63, 3.8) is 0 Å². The number of rotatable bonds is 4. The second-order valence-corrected chi connectivity index (χ2v) is 7.08. The Bertz CT molecular complexity index is 971. The third-order valence-corrected chi connectivity index (χ3v) is 5.23. The van der Waals surface area contributed by atoms with Crippen LogP contribution in [0.15, 0.2) is 36.7 Å². The van der Waals surface area contributed by atoms with Crippen LogP contribution in [0.2, 0.25) is 0 Å². The van der Waals surface area contributed by atoms with E-state index in [0.29, 0.717) is 23.9 Å². The first-order chi connectivity index (χ1) is 12.4. The van der Waals surface area contributed by atoms with Crippen molar-refractivity contribution in [1.29, 1.82) is 0 Å². The molecule has 6 nitrogen and oxygen atoms in total. The molecule has 0 radical (unpaired) electrons. The topological polar surface area (TPSA) is 72.1 Å². The highest BCUT2D eigenvalue weighted by atomic mass is 19.1. The minimum absolute atomic E-state index is 0.172. The van der Waals surface area contributed by atoms with Gasteiger partial charge in [-0.25, -0.2) is 4.39 Å². The number of amides is 1. The van der Waals surface area contributed by atoms with Crippen LogP contribution in [0.1, 0.15) is 34.9 Å². The van der Waals surface area contributed by atoms with Crippen molar-refractivity contribution in [2.45, 2.75) is 25.0 Å². The molecule has 1 amide bonds. The van der Waals surface area contributed by atoms with E-state index in [2.05, 4.69) is 10.4 Å². The number of nitrogens with zero attached hydrogens (tertiary/aromatic N) is 3. The molecule has 136 valence electrons. The summed E-state index contributed by atoms with van der Waals surface area (Å²) in [7, 11) is 3.62. The van der Waals surface area contributed by atoms with Gasteiger partial charge in [0.1, 0.15) is 11.5 Å². The molecule has 1 saturated carbocycles. The van der Waals surface area contributed by atoms with Crippen LogP contribution in [0.4, 0.5) is 4.39 Å². The molecule has 0 unspecified atom stereocenters. The quantitative estimate of drug-likeness (QED) is 0.753. The van der Waals surface area contributed by atoms with E-state index in [1.165, 1.54) is 12.1 Å². The maximum absolute atomic E-state index is 13.5. The van der Waals surface area contributed by atoms with Gasteiger partial charge in [0.05, 0.1) is 18.3 Å². The Kier molecular flexibility index (Phi) is 4.03. The van der Waals surface area contributed by atoms with Crippen LogP contribution >= 0.6 is 0 Å². The maximum Gasteiger partial charge on any atom is 0.268 e. The lowest BCUT2D eigenvalue weighted by Crippen LogP contribution is -2.41. The summed E-state index contributed by atoms with van der Waals surface area (Å²) in [5.74, 6) is -0.378. The summed E-state index contributed by atoms with van der Waals surface area (Å²) in [4.78, 5) is 12.9. The first-order valence-electron chi connectivity index (χ1n) is 8.65. The van der Waals surface area contributed by atoms with E-state index < -0.39 is 0 Å². The van der Waals surface area contributed by atoms with Gasteiger partial charge in [0, 0.05) is 36.8 Å². The molecule has 7 heteroatoms. The lowest BCUT2D eigenvalue weighted by Gasteiger charge is -2.37. The summed E-state index contributed by atoms with van der Waals surface area (Å²) in [6.07, 6.45) is 4.62. The van der Waals surface area contributed by atoms with Gasteiger partial charge in [-0.15, -0.1) is 0 Å². The maximum atomic E-state index is 13.5. The fraction of sp³-hybridized carbons (Fsp3) is 0.368. The Morgan fingerprint density at radius 3 is 2.77 bits per heavy atom. The number of hydrogen-bond donors (Lipinski definition) is 2. The van der Waals surface area contributed by atoms with Crippen molar-refractivity contribution >= 4 is 16.8 Å². The third kappa shape index (κ3) is 2.88. The van der Waals surface area contributed by atoms with Crippen LogP contribution in [-0.2, 0) is 14.1 Å². The van der Waals surface area contributed by atoms with Gasteiger partial charge < -0.3 is 15.0 Å². The van der Waals surface area contributed by atoms with E-state index in [-0.39, 0.29) is 29.8 Å². The SMILES string of the molecule is Cn1cc([C@H](NC(=O)c2cc3cc(F)ccc3n2C)C2CC(O)C2)cn1. The number of fused-ring (bicyclic) bond motifs is 1. The van der Waals surface area contributed by atoms with Crippen molar-refractivity contribution in [1.82, 2.24) is 19.7 Å². The highest BCUT2D eigenvalue weighted by molar-refractivity contribution is 5.98. The largest absolute Gasteiger partial charge is 0.393 e. The van der Waals surface area contributed by atoms with Gasteiger partial charge in [0.2, 0.25) is 0 Å². The zero-order valence-corrected chi connectivity index (χ0v) is 14.7. The molecule has 0 spiro atoms. The highest BCUT2D eigenvalue weighted by Gasteiger charge is 2.36. The normalized spacial score (nSPS) is 20.8. The van der Waals surface area contributed by atoms with Crippen molar-refractivity contribution in [2.24, 2.45) is 20.0 Å². The number of hydrogen-bond acceptors (Lipinski definition) is 3. The Morgan fingerprint density at radius 2 is 2.12 bits per heavy atom. The number of aryl methyl sites for hydroxylation is 2. The lowest BCUT2D eigenvalue weighted by molar-refractivity contribution is 0.0234. The second kappa shape index (κ2) is 6.25. The summed E-state index contributed by atoms with van der Waals surface area (Å²) in [5.41, 5.74) is 2.19. The lowest BCUT2D eigenvalue weighted by atomic mass is 9.75. The molecule has 26 heavy (non-hydrogen) atoms. The monoisotopic (exact) mass is 356 g/mol. The van der Waals surface area contributed by atoms with Crippen molar-refractivity contribution in [3.05, 3.63) is 53.7 Å². The molecular formula is C19H21FN4O2. The smallest absolute Gasteiger partial charge is 0.268 e. The minimum atomic E-state index is -0.327. The van der Waals surface area contributed by atoms with E-state index in [9.17, 15) is 14.3 Å². The van der Waals surface area contributed by atoms with E-state index in [0.717, 1.165) is 11.1 Å². The number of nitrogens with one attached hydrogen (secondary N) is 1. The van der Waals surface area contributed by atoms with E-state index in [4.69, 9.17) is 0 Å². The Morgan fingerprint density at radius 1 is 1.35 bits per heavy atom. The van der Waals surface area contributed by atoms with E-state index >= 15 is 0 Å². The van der Waals surface area contributed by atoms with Gasteiger partial charge in [-0.05, 0) is 43.0 Å². The van der Waals surface area contributed by atoms with E-state index in [1.54, 1.807) is 34.6 Å². The zero-order chi connectivity index (χ0) is 18.4. The van der Waals surface area contributed by atoms with Crippen LogP contribution in [0.5, 0.6) is 0 Å². The molecule has 0 aliphatic heterocycles. The van der Waals surface area contributed by atoms with Crippen molar-refractivity contribution < 1.29 is 14.3 Å². The first kappa shape index (κ1) is 16.8. The summed E-state index contributed by atoms with van der Waals surface area (Å²) in [6, 6.07) is 5.96. The molecule has 1 aromatic carbocycles. The number of carbonyl (C=O) groups excluding carboxylic acids is 1. The summed E-state index contributed by atoms with van der Waals surface area (Å²) in [5, 5.41) is 17.6. The Hall–Kier alpha value is -2.67. The van der Waals surface area contributed by atoms with Gasteiger partial charge >= 0.3 is 0 Å².